The fourth-order valence-corrected chi connectivity index (χ4v) is 4.28. The number of imidazole rings is 1. The lowest BCUT2D eigenvalue weighted by Crippen LogP contribution is -2.19. The van der Waals surface area contributed by atoms with Gasteiger partial charge in [-0.2, -0.15) is 0 Å². The van der Waals surface area contributed by atoms with E-state index >= 15 is 0 Å². The number of ether oxygens (including phenoxy) is 1. The van der Waals surface area contributed by atoms with Crippen LogP contribution in [-0.2, 0) is 11.4 Å². The summed E-state index contributed by atoms with van der Waals surface area (Å²) in [6.45, 7) is 1.17. The van der Waals surface area contributed by atoms with E-state index in [0.717, 1.165) is 53.8 Å². The molecule has 7 heteroatoms. The molecule has 2 aromatic heterocycles. The Morgan fingerprint density at radius 1 is 1.15 bits per heavy atom. The van der Waals surface area contributed by atoms with Crippen LogP contribution in [0.4, 0.5) is 4.39 Å². The van der Waals surface area contributed by atoms with Crippen LogP contribution in [0, 0.1) is 5.82 Å². The van der Waals surface area contributed by atoms with Crippen LogP contribution in [-0.4, -0.2) is 32.1 Å². The number of likely N-dealkylation sites (tertiary alicyclic amines) is 1. The van der Waals surface area contributed by atoms with E-state index in [2.05, 4.69) is 14.3 Å². The van der Waals surface area contributed by atoms with Crippen molar-refractivity contribution in [2.45, 2.75) is 25.5 Å². The molecule has 0 radical (unpaired) electrons. The van der Waals surface area contributed by atoms with Gasteiger partial charge in [0.2, 0.25) is 0 Å². The van der Waals surface area contributed by atoms with Gasteiger partial charge in [0.25, 0.3) is 0 Å². The third kappa shape index (κ3) is 4.22. The first kappa shape index (κ1) is 20.9. The molecule has 0 N–H and O–H groups in total. The maximum absolute atomic E-state index is 13.8. The van der Waals surface area contributed by atoms with Crippen molar-refractivity contribution >= 4 is 11.8 Å². The Morgan fingerprint density at radius 3 is 2.82 bits per heavy atom. The van der Waals surface area contributed by atoms with Gasteiger partial charge in [-0.25, -0.2) is 9.37 Å². The molecule has 6 nitrogen and oxygen atoms in total. The minimum Gasteiger partial charge on any atom is -0.486 e. The van der Waals surface area contributed by atoms with Crippen LogP contribution in [0.25, 0.3) is 16.8 Å². The largest absolute Gasteiger partial charge is 0.486 e. The van der Waals surface area contributed by atoms with Crippen LogP contribution in [0.2, 0.25) is 0 Å². The number of hydrogen-bond donors (Lipinski definition) is 0. The van der Waals surface area contributed by atoms with Gasteiger partial charge in [0, 0.05) is 30.7 Å². The molecule has 1 aliphatic rings. The van der Waals surface area contributed by atoms with Crippen LogP contribution >= 0.6 is 0 Å². The number of aromatic nitrogens is 3. The average Bonchev–Trinajstić information content (AvgIpc) is 3.47. The monoisotopic (exact) mass is 442 g/mol. The van der Waals surface area contributed by atoms with E-state index in [1.165, 1.54) is 12.1 Å². The Bertz CT molecular complexity index is 1300. The molecule has 0 unspecified atom stereocenters. The van der Waals surface area contributed by atoms with Crippen LogP contribution < -0.4 is 4.74 Å². The normalized spacial score (nSPS) is 16.0. The Morgan fingerprint density at radius 2 is 2.00 bits per heavy atom. The summed E-state index contributed by atoms with van der Waals surface area (Å²) in [4.78, 5) is 22.3. The van der Waals surface area contributed by atoms with E-state index in [4.69, 9.17) is 9.72 Å². The molecule has 33 heavy (non-hydrogen) atoms. The number of hydrogen-bond acceptors (Lipinski definition) is 5. The van der Waals surface area contributed by atoms with Gasteiger partial charge < -0.3 is 9.64 Å². The summed E-state index contributed by atoms with van der Waals surface area (Å²) in [6, 6.07) is 14.4. The van der Waals surface area contributed by atoms with Crippen molar-refractivity contribution in [3.63, 3.8) is 0 Å². The fraction of sp³-hybridized carbons (Fsp3) is 0.192. The third-order valence-corrected chi connectivity index (χ3v) is 5.88. The highest BCUT2D eigenvalue weighted by molar-refractivity contribution is 5.77. The van der Waals surface area contributed by atoms with Gasteiger partial charge in [0.05, 0.1) is 23.4 Å². The number of benzene rings is 2. The lowest BCUT2D eigenvalue weighted by Gasteiger charge is -2.21. The SMILES string of the molecule is O=CC=CN1CCC[C@H]1c1nc(-c2ccc(COc3ccccc3F)cc2)c2cnccn12. The van der Waals surface area contributed by atoms with E-state index in [1.807, 2.05) is 42.9 Å². The quantitative estimate of drug-likeness (QED) is 0.299. The fourth-order valence-electron chi connectivity index (χ4n) is 4.28. The number of carbonyl (C=O) groups excluding carboxylic acids is 1. The van der Waals surface area contributed by atoms with Crippen LogP contribution in [0.1, 0.15) is 30.3 Å². The molecule has 0 amide bonds. The molecule has 3 heterocycles. The first-order valence-corrected chi connectivity index (χ1v) is 10.9. The van der Waals surface area contributed by atoms with E-state index < -0.39 is 0 Å². The molecule has 0 bridgehead atoms. The lowest BCUT2D eigenvalue weighted by atomic mass is 10.1. The van der Waals surface area contributed by atoms with Gasteiger partial charge in [-0.05, 0) is 36.6 Å². The van der Waals surface area contributed by atoms with Gasteiger partial charge in [0.1, 0.15) is 18.7 Å². The highest BCUT2D eigenvalue weighted by Gasteiger charge is 2.28. The second-order valence-corrected chi connectivity index (χ2v) is 7.94. The highest BCUT2D eigenvalue weighted by Crippen LogP contribution is 2.35. The van der Waals surface area contributed by atoms with Crippen molar-refractivity contribution in [3.05, 3.63) is 96.6 Å². The number of aldehydes is 1. The average molecular weight is 442 g/mol. The van der Waals surface area contributed by atoms with E-state index in [0.29, 0.717) is 0 Å². The predicted molar refractivity (Wildman–Crippen MR) is 123 cm³/mol. The summed E-state index contributed by atoms with van der Waals surface area (Å²) in [6.07, 6.45) is 11.7. The van der Waals surface area contributed by atoms with Crippen molar-refractivity contribution in [1.82, 2.24) is 19.3 Å². The zero-order valence-electron chi connectivity index (χ0n) is 18.0. The van der Waals surface area contributed by atoms with Crippen LogP contribution in [0.15, 0.2) is 79.4 Å². The van der Waals surface area contributed by atoms with Crippen LogP contribution in [0.5, 0.6) is 5.75 Å². The molecular weight excluding hydrogens is 419 g/mol. The first-order valence-electron chi connectivity index (χ1n) is 10.9. The number of fused-ring (bicyclic) bond motifs is 1. The second kappa shape index (κ2) is 9.24. The summed E-state index contributed by atoms with van der Waals surface area (Å²) >= 11 is 0. The maximum Gasteiger partial charge on any atom is 0.165 e. The minimum absolute atomic E-state index is 0.0956. The molecule has 4 aromatic rings. The Kier molecular flexibility index (Phi) is 5.85. The molecule has 0 spiro atoms. The molecule has 2 aromatic carbocycles. The summed E-state index contributed by atoms with van der Waals surface area (Å²) in [5.74, 6) is 0.798. The number of halogens is 1. The van der Waals surface area contributed by atoms with Gasteiger partial charge in [0.15, 0.2) is 11.6 Å². The second-order valence-electron chi connectivity index (χ2n) is 7.94. The van der Waals surface area contributed by atoms with E-state index in [-0.39, 0.29) is 24.2 Å². The number of para-hydroxylation sites is 1. The molecule has 1 atom stereocenters. The number of nitrogens with zero attached hydrogens (tertiary/aromatic N) is 4. The summed E-state index contributed by atoms with van der Waals surface area (Å²) in [5.41, 5.74) is 3.68. The molecule has 0 aliphatic carbocycles. The molecule has 1 fully saturated rings. The first-order chi connectivity index (χ1) is 16.2. The smallest absolute Gasteiger partial charge is 0.165 e. The molecule has 5 rings (SSSR count). The minimum atomic E-state index is -0.373. The zero-order chi connectivity index (χ0) is 22.6. The van der Waals surface area contributed by atoms with Crippen molar-refractivity contribution in [2.24, 2.45) is 0 Å². The Hall–Kier alpha value is -4.00. The summed E-state index contributed by atoms with van der Waals surface area (Å²) < 4.78 is 21.5. The predicted octanol–water partition coefficient (Wildman–Crippen LogP) is 4.96. The standard InChI is InChI=1S/C26H23FN4O2/c27-21-5-1-2-7-24(21)33-18-19-8-10-20(11-9-19)25-23-17-28-12-15-31(23)26(29-25)22-6-3-13-30(22)14-4-16-32/h1-2,4-5,7-12,14-17,22H,3,6,13,18H2/t22-/m0/s1. The topological polar surface area (TPSA) is 59.7 Å². The lowest BCUT2D eigenvalue weighted by molar-refractivity contribution is -0.104. The number of allylic oxidation sites excluding steroid dienone is 1. The van der Waals surface area contributed by atoms with Crippen LogP contribution in [0.3, 0.4) is 0 Å². The van der Waals surface area contributed by atoms with Gasteiger partial charge in [-0.15, -0.1) is 0 Å². The van der Waals surface area contributed by atoms with Gasteiger partial charge >= 0.3 is 0 Å². The maximum atomic E-state index is 13.8. The third-order valence-electron chi connectivity index (χ3n) is 5.88. The Balaban J connectivity index is 1.42. The van der Waals surface area contributed by atoms with Crippen molar-refractivity contribution in [3.8, 4) is 17.0 Å². The molecule has 0 saturated carbocycles. The molecule has 166 valence electrons. The van der Waals surface area contributed by atoms with Crippen molar-refractivity contribution < 1.29 is 13.9 Å². The number of carbonyl (C=O) groups is 1. The summed E-state index contributed by atoms with van der Waals surface area (Å²) in [7, 11) is 0. The Labute approximate surface area is 191 Å². The molecule has 1 aliphatic heterocycles. The molecule has 1 saturated heterocycles. The van der Waals surface area contributed by atoms with E-state index in [1.54, 1.807) is 24.4 Å². The summed E-state index contributed by atoms with van der Waals surface area (Å²) in [5, 5.41) is 0. The molecular formula is C26H23FN4O2. The highest BCUT2D eigenvalue weighted by atomic mass is 19.1. The van der Waals surface area contributed by atoms with E-state index in [9.17, 15) is 9.18 Å². The zero-order valence-corrected chi connectivity index (χ0v) is 18.0. The van der Waals surface area contributed by atoms with Gasteiger partial charge in [-0.1, -0.05) is 36.4 Å². The van der Waals surface area contributed by atoms with Crippen molar-refractivity contribution in [1.29, 1.82) is 0 Å². The van der Waals surface area contributed by atoms with Gasteiger partial charge in [-0.3, -0.25) is 14.2 Å². The van der Waals surface area contributed by atoms with Crippen molar-refractivity contribution in [2.75, 3.05) is 6.54 Å². The number of rotatable bonds is 7.